The van der Waals surface area contributed by atoms with Gasteiger partial charge in [-0.25, -0.2) is 4.39 Å². The van der Waals surface area contributed by atoms with Crippen LogP contribution in [0.25, 0.3) is 0 Å². The van der Waals surface area contributed by atoms with E-state index in [2.05, 4.69) is 49.8 Å². The Morgan fingerprint density at radius 3 is 2.22 bits per heavy atom. The summed E-state index contributed by atoms with van der Waals surface area (Å²) in [5.41, 5.74) is 0. The average molecular weight is 335 g/mol. The van der Waals surface area contributed by atoms with Gasteiger partial charge in [0.1, 0.15) is 5.75 Å². The largest absolute Gasteiger partial charge is 0.541 e. The van der Waals surface area contributed by atoms with Crippen LogP contribution >= 0.6 is 15.9 Å². The van der Waals surface area contributed by atoms with Gasteiger partial charge in [-0.1, -0.05) is 20.8 Å². The van der Waals surface area contributed by atoms with Crippen molar-refractivity contribution in [2.45, 2.75) is 38.9 Å². The second-order valence-corrected chi connectivity index (χ2v) is 11.3. The predicted molar refractivity (Wildman–Crippen MR) is 78.5 cm³/mol. The standard InChI is InChI=1S/C13H20BrFO2Si/c1-13(2,3)18(5,6)17-10-8-7-9(14)11(15)12(10)16-4/h7-8H,1-6H3. The molecule has 0 atom stereocenters. The van der Waals surface area contributed by atoms with Crippen molar-refractivity contribution in [3.05, 3.63) is 22.4 Å². The highest BCUT2D eigenvalue weighted by Gasteiger charge is 2.39. The molecule has 0 saturated carbocycles. The average Bonchev–Trinajstić information content (AvgIpc) is 2.22. The van der Waals surface area contributed by atoms with E-state index in [1.165, 1.54) is 7.11 Å². The predicted octanol–water partition coefficient (Wildman–Crippen LogP) is 4.98. The van der Waals surface area contributed by atoms with E-state index in [4.69, 9.17) is 9.16 Å². The molecule has 0 spiro atoms. The number of halogens is 2. The Morgan fingerprint density at radius 2 is 1.78 bits per heavy atom. The summed E-state index contributed by atoms with van der Waals surface area (Å²) in [4.78, 5) is 0. The zero-order chi connectivity index (χ0) is 14.1. The normalized spacial score (nSPS) is 12.4. The SMILES string of the molecule is COc1c(O[Si](C)(C)C(C)(C)C)ccc(Br)c1F. The molecule has 0 heterocycles. The highest BCUT2D eigenvalue weighted by Crippen LogP contribution is 2.41. The molecule has 0 amide bonds. The van der Waals surface area contributed by atoms with Crippen LogP contribution in [0.1, 0.15) is 20.8 Å². The number of ether oxygens (including phenoxy) is 1. The Bertz CT molecular complexity index is 441. The first-order valence-electron chi connectivity index (χ1n) is 5.81. The number of rotatable bonds is 3. The summed E-state index contributed by atoms with van der Waals surface area (Å²) in [5.74, 6) is 0.215. The molecule has 0 N–H and O–H groups in total. The Morgan fingerprint density at radius 1 is 1.22 bits per heavy atom. The van der Waals surface area contributed by atoms with Crippen LogP contribution in [0.3, 0.4) is 0 Å². The maximum absolute atomic E-state index is 13.9. The molecule has 0 aliphatic heterocycles. The van der Waals surface area contributed by atoms with Gasteiger partial charge in [-0.3, -0.25) is 0 Å². The third-order valence-corrected chi connectivity index (χ3v) is 8.34. The summed E-state index contributed by atoms with van der Waals surface area (Å²) in [6.07, 6.45) is 0. The lowest BCUT2D eigenvalue weighted by atomic mass is 10.2. The van der Waals surface area contributed by atoms with Crippen LogP contribution in [-0.4, -0.2) is 15.4 Å². The zero-order valence-corrected chi connectivity index (χ0v) is 14.3. The van der Waals surface area contributed by atoms with Gasteiger partial charge in [0, 0.05) is 0 Å². The highest BCUT2D eigenvalue weighted by molar-refractivity contribution is 9.10. The van der Waals surface area contributed by atoms with Crippen molar-refractivity contribution < 1.29 is 13.6 Å². The first kappa shape index (κ1) is 15.5. The molecule has 0 aliphatic carbocycles. The van der Waals surface area contributed by atoms with Crippen LogP contribution in [0.2, 0.25) is 18.1 Å². The van der Waals surface area contributed by atoms with Crippen molar-refractivity contribution in [1.82, 2.24) is 0 Å². The van der Waals surface area contributed by atoms with Gasteiger partial charge < -0.3 is 9.16 Å². The van der Waals surface area contributed by atoms with Crippen molar-refractivity contribution in [3.8, 4) is 11.5 Å². The fourth-order valence-electron chi connectivity index (χ4n) is 1.21. The Kier molecular flexibility index (Phi) is 4.49. The molecule has 2 nitrogen and oxygen atoms in total. The lowest BCUT2D eigenvalue weighted by Crippen LogP contribution is -2.44. The molecule has 102 valence electrons. The summed E-state index contributed by atoms with van der Waals surface area (Å²) in [7, 11) is -0.548. The highest BCUT2D eigenvalue weighted by atomic mass is 79.9. The Labute approximate surface area is 118 Å². The van der Waals surface area contributed by atoms with E-state index < -0.39 is 14.1 Å². The minimum atomic E-state index is -2.00. The molecule has 1 aromatic rings. The first-order chi connectivity index (χ1) is 8.10. The van der Waals surface area contributed by atoms with Gasteiger partial charge >= 0.3 is 0 Å². The van der Waals surface area contributed by atoms with E-state index in [0.717, 1.165) is 0 Å². The molecular formula is C13H20BrFO2Si. The summed E-state index contributed by atoms with van der Waals surface area (Å²) in [6.45, 7) is 10.7. The van der Waals surface area contributed by atoms with Crippen molar-refractivity contribution >= 4 is 24.2 Å². The molecule has 0 saturated heterocycles. The lowest BCUT2D eigenvalue weighted by Gasteiger charge is -2.36. The molecule has 0 aliphatic rings. The van der Waals surface area contributed by atoms with Crippen LogP contribution in [0.5, 0.6) is 11.5 Å². The molecule has 18 heavy (non-hydrogen) atoms. The fourth-order valence-corrected chi connectivity index (χ4v) is 2.54. The summed E-state index contributed by atoms with van der Waals surface area (Å²) in [6, 6.07) is 3.38. The van der Waals surface area contributed by atoms with Crippen LogP contribution in [0.15, 0.2) is 16.6 Å². The van der Waals surface area contributed by atoms with Crippen LogP contribution in [0, 0.1) is 5.82 Å². The van der Waals surface area contributed by atoms with Crippen molar-refractivity contribution in [1.29, 1.82) is 0 Å². The number of hydrogen-bond acceptors (Lipinski definition) is 2. The van der Waals surface area contributed by atoms with E-state index in [0.29, 0.717) is 10.2 Å². The van der Waals surface area contributed by atoms with Crippen LogP contribution < -0.4 is 9.16 Å². The van der Waals surface area contributed by atoms with E-state index >= 15 is 0 Å². The monoisotopic (exact) mass is 334 g/mol. The molecule has 0 aromatic heterocycles. The van der Waals surface area contributed by atoms with E-state index in [1.807, 2.05) is 0 Å². The van der Waals surface area contributed by atoms with Gasteiger partial charge in [0.25, 0.3) is 8.32 Å². The first-order valence-corrected chi connectivity index (χ1v) is 9.51. The van der Waals surface area contributed by atoms with Gasteiger partial charge in [0.2, 0.25) is 0 Å². The maximum Gasteiger partial charge on any atom is 0.250 e. The summed E-state index contributed by atoms with van der Waals surface area (Å²) in [5, 5.41) is 0.0571. The second-order valence-electron chi connectivity index (χ2n) is 5.76. The zero-order valence-electron chi connectivity index (χ0n) is 11.7. The molecular weight excluding hydrogens is 315 g/mol. The molecule has 0 bridgehead atoms. The molecule has 1 rings (SSSR count). The number of methoxy groups -OCH3 is 1. The molecule has 5 heteroatoms. The second kappa shape index (κ2) is 5.21. The van der Waals surface area contributed by atoms with Crippen LogP contribution in [-0.2, 0) is 0 Å². The van der Waals surface area contributed by atoms with Gasteiger partial charge in [-0.05, 0) is 46.2 Å². The lowest BCUT2D eigenvalue weighted by molar-refractivity contribution is 0.361. The number of hydrogen-bond donors (Lipinski definition) is 0. The third kappa shape index (κ3) is 3.06. The minimum absolute atomic E-state index is 0.0571. The topological polar surface area (TPSA) is 18.5 Å². The van der Waals surface area contributed by atoms with E-state index in [9.17, 15) is 4.39 Å². The van der Waals surface area contributed by atoms with Gasteiger partial charge in [0.15, 0.2) is 11.6 Å². The molecule has 0 radical (unpaired) electrons. The molecule has 1 aromatic carbocycles. The van der Waals surface area contributed by atoms with Gasteiger partial charge in [-0.15, -0.1) is 0 Å². The quantitative estimate of drug-likeness (QED) is 0.725. The van der Waals surface area contributed by atoms with Crippen molar-refractivity contribution in [2.24, 2.45) is 0 Å². The fraction of sp³-hybridized carbons (Fsp3) is 0.538. The van der Waals surface area contributed by atoms with E-state index in [1.54, 1.807) is 12.1 Å². The maximum atomic E-state index is 13.9. The third-order valence-electron chi connectivity index (χ3n) is 3.39. The van der Waals surface area contributed by atoms with Crippen LogP contribution in [0.4, 0.5) is 4.39 Å². The molecule has 0 fully saturated rings. The Balaban J connectivity index is 3.17. The Hall–Kier alpha value is -0.553. The van der Waals surface area contributed by atoms with E-state index in [-0.39, 0.29) is 10.8 Å². The van der Waals surface area contributed by atoms with Gasteiger partial charge in [-0.2, -0.15) is 0 Å². The van der Waals surface area contributed by atoms with Crippen molar-refractivity contribution in [3.63, 3.8) is 0 Å². The summed E-state index contributed by atoms with van der Waals surface area (Å²) < 4.78 is 25.5. The van der Waals surface area contributed by atoms with Gasteiger partial charge in [0.05, 0.1) is 11.6 Å². The minimum Gasteiger partial charge on any atom is -0.541 e. The number of benzene rings is 1. The smallest absolute Gasteiger partial charge is 0.250 e. The molecule has 0 unspecified atom stereocenters. The summed E-state index contributed by atoms with van der Waals surface area (Å²) >= 11 is 3.14. The van der Waals surface area contributed by atoms with Crippen molar-refractivity contribution in [2.75, 3.05) is 7.11 Å².